The summed E-state index contributed by atoms with van der Waals surface area (Å²) in [7, 11) is 0. The molecule has 2 N–H and O–H groups in total. The Kier molecular flexibility index (Phi) is 3.48. The maximum absolute atomic E-state index is 9.96. The molecule has 0 bridgehead atoms. The molecule has 1 fully saturated rings. The van der Waals surface area contributed by atoms with Gasteiger partial charge in [0.15, 0.2) is 0 Å². The van der Waals surface area contributed by atoms with Crippen molar-refractivity contribution in [1.29, 1.82) is 0 Å². The predicted octanol–water partition coefficient (Wildman–Crippen LogP) is 2.88. The van der Waals surface area contributed by atoms with Gasteiger partial charge in [0.25, 0.3) is 0 Å². The maximum Gasteiger partial charge on any atom is 0.133 e. The van der Waals surface area contributed by atoms with Gasteiger partial charge >= 0.3 is 0 Å². The Morgan fingerprint density at radius 1 is 1.39 bits per heavy atom. The zero-order valence-electron chi connectivity index (χ0n) is 10.1. The minimum absolute atomic E-state index is 0.452. The van der Waals surface area contributed by atoms with Gasteiger partial charge in [-0.1, -0.05) is 6.07 Å². The average Bonchev–Trinajstić information content (AvgIpc) is 2.96. The van der Waals surface area contributed by atoms with E-state index in [9.17, 15) is 5.11 Å². The highest BCUT2D eigenvalue weighted by Gasteiger charge is 2.33. The average molecular weight is 280 g/mol. The van der Waals surface area contributed by atoms with Crippen LogP contribution >= 0.6 is 22.7 Å². The van der Waals surface area contributed by atoms with Crippen LogP contribution in [0.1, 0.15) is 25.0 Å². The zero-order chi connectivity index (χ0) is 12.4. The van der Waals surface area contributed by atoms with E-state index in [2.05, 4.69) is 27.1 Å². The van der Waals surface area contributed by atoms with Crippen LogP contribution in [0, 0.1) is 0 Å². The first-order valence-electron chi connectivity index (χ1n) is 6.17. The number of thiazole rings is 1. The molecule has 0 amide bonds. The molecule has 0 aromatic carbocycles. The molecule has 1 aliphatic rings. The molecule has 0 radical (unpaired) electrons. The van der Waals surface area contributed by atoms with E-state index in [-0.39, 0.29) is 0 Å². The Balaban J connectivity index is 1.54. The fourth-order valence-corrected chi connectivity index (χ4v) is 3.72. The lowest BCUT2D eigenvalue weighted by molar-refractivity contribution is -0.0315. The topological polar surface area (TPSA) is 45.1 Å². The monoisotopic (exact) mass is 280 g/mol. The Hall–Kier alpha value is -0.750. The fourth-order valence-electron chi connectivity index (χ4n) is 2.09. The van der Waals surface area contributed by atoms with Crippen LogP contribution in [-0.2, 0) is 6.54 Å². The van der Waals surface area contributed by atoms with E-state index in [1.54, 1.807) is 22.7 Å². The van der Waals surface area contributed by atoms with E-state index in [1.165, 1.54) is 4.88 Å². The second kappa shape index (κ2) is 5.09. The lowest BCUT2D eigenvalue weighted by Crippen LogP contribution is -2.46. The van der Waals surface area contributed by atoms with E-state index >= 15 is 0 Å². The summed E-state index contributed by atoms with van der Waals surface area (Å²) < 4.78 is 0. The second-order valence-electron chi connectivity index (χ2n) is 4.80. The minimum Gasteiger partial charge on any atom is -0.389 e. The number of nitrogens with one attached hydrogen (secondary N) is 1. The highest BCUT2D eigenvalue weighted by atomic mass is 32.1. The van der Waals surface area contributed by atoms with Gasteiger partial charge in [-0.05, 0) is 30.7 Å². The van der Waals surface area contributed by atoms with Crippen molar-refractivity contribution in [2.24, 2.45) is 0 Å². The molecule has 0 unspecified atom stereocenters. The van der Waals surface area contributed by atoms with Crippen LogP contribution in [0.5, 0.6) is 0 Å². The van der Waals surface area contributed by atoms with Crippen molar-refractivity contribution < 1.29 is 5.11 Å². The largest absolute Gasteiger partial charge is 0.389 e. The molecule has 5 heteroatoms. The molecule has 0 saturated heterocycles. The van der Waals surface area contributed by atoms with Gasteiger partial charge in [0.05, 0.1) is 16.2 Å². The molecular weight excluding hydrogens is 264 g/mol. The summed E-state index contributed by atoms with van der Waals surface area (Å²) in [5, 5.41) is 18.5. The van der Waals surface area contributed by atoms with Crippen LogP contribution in [0.2, 0.25) is 0 Å². The third-order valence-corrected chi connectivity index (χ3v) is 5.26. The molecule has 1 saturated carbocycles. The van der Waals surface area contributed by atoms with Gasteiger partial charge in [-0.25, -0.2) is 4.98 Å². The first kappa shape index (κ1) is 12.3. The number of hydrogen-bond acceptors (Lipinski definition) is 5. The molecule has 2 aromatic heterocycles. The molecule has 2 aromatic rings. The van der Waals surface area contributed by atoms with Gasteiger partial charge in [0.1, 0.15) is 5.01 Å². The molecule has 96 valence electrons. The number of thiophene rings is 1. The first-order chi connectivity index (χ1) is 8.75. The van der Waals surface area contributed by atoms with Gasteiger partial charge in [0, 0.05) is 18.5 Å². The van der Waals surface area contributed by atoms with Crippen molar-refractivity contribution >= 4 is 22.7 Å². The molecular formula is C13H16N2OS2. The molecule has 3 rings (SSSR count). The summed E-state index contributed by atoms with van der Waals surface area (Å²) in [6.45, 7) is 1.42. The van der Waals surface area contributed by atoms with Gasteiger partial charge in [-0.2, -0.15) is 0 Å². The van der Waals surface area contributed by atoms with E-state index in [4.69, 9.17) is 0 Å². The van der Waals surface area contributed by atoms with Gasteiger partial charge in [0.2, 0.25) is 0 Å². The third-order valence-electron chi connectivity index (χ3n) is 3.33. The van der Waals surface area contributed by atoms with Crippen LogP contribution in [0.15, 0.2) is 22.9 Å². The van der Waals surface area contributed by atoms with E-state index in [0.29, 0.717) is 6.54 Å². The third kappa shape index (κ3) is 2.64. The summed E-state index contributed by atoms with van der Waals surface area (Å²) in [5.41, 5.74) is 0.610. The smallest absolute Gasteiger partial charge is 0.133 e. The van der Waals surface area contributed by atoms with Crippen LogP contribution in [0.4, 0.5) is 0 Å². The summed E-state index contributed by atoms with van der Waals surface area (Å²) in [6.07, 6.45) is 3.01. The van der Waals surface area contributed by atoms with Gasteiger partial charge in [-0.3, -0.25) is 0 Å². The fraction of sp³-hybridized carbons (Fsp3) is 0.462. The van der Waals surface area contributed by atoms with Crippen molar-refractivity contribution in [3.63, 3.8) is 0 Å². The maximum atomic E-state index is 9.96. The number of nitrogens with zero attached hydrogens (tertiary/aromatic N) is 1. The van der Waals surface area contributed by atoms with E-state index in [0.717, 1.165) is 36.5 Å². The number of rotatable bonds is 5. The van der Waals surface area contributed by atoms with E-state index in [1.807, 2.05) is 6.07 Å². The summed E-state index contributed by atoms with van der Waals surface area (Å²) in [4.78, 5) is 5.83. The highest BCUT2D eigenvalue weighted by Crippen LogP contribution is 2.31. The lowest BCUT2D eigenvalue weighted by atomic mass is 9.80. The second-order valence-corrected chi connectivity index (χ2v) is 6.61. The summed E-state index contributed by atoms with van der Waals surface area (Å²) in [6, 6.07) is 4.14. The summed E-state index contributed by atoms with van der Waals surface area (Å²) in [5.74, 6) is 0. The molecule has 1 aliphatic carbocycles. The predicted molar refractivity (Wildman–Crippen MR) is 75.9 cm³/mol. The normalized spacial score (nSPS) is 17.6. The van der Waals surface area contributed by atoms with Gasteiger partial charge in [-0.15, -0.1) is 22.7 Å². The number of hydrogen-bond donors (Lipinski definition) is 2. The Bertz CT molecular complexity index is 503. The molecule has 3 nitrogen and oxygen atoms in total. The molecule has 0 atom stereocenters. The Morgan fingerprint density at radius 2 is 2.28 bits per heavy atom. The van der Waals surface area contributed by atoms with Crippen LogP contribution in [0.3, 0.4) is 0 Å². The standard InChI is InChI=1S/C13H16N2OS2/c16-13(4-2-5-13)9-14-7-10-8-18-12(15-10)11-3-1-6-17-11/h1,3,6,8,14,16H,2,4-5,7,9H2. The van der Waals surface area contributed by atoms with Crippen molar-refractivity contribution in [2.75, 3.05) is 6.54 Å². The number of aromatic nitrogens is 1. The highest BCUT2D eigenvalue weighted by molar-refractivity contribution is 7.20. The Morgan fingerprint density at radius 3 is 2.94 bits per heavy atom. The molecule has 0 spiro atoms. The minimum atomic E-state index is -0.452. The quantitative estimate of drug-likeness (QED) is 0.885. The molecule has 18 heavy (non-hydrogen) atoms. The molecule has 0 aliphatic heterocycles. The first-order valence-corrected chi connectivity index (χ1v) is 7.93. The van der Waals surface area contributed by atoms with Crippen LogP contribution < -0.4 is 5.32 Å². The van der Waals surface area contributed by atoms with Gasteiger partial charge < -0.3 is 10.4 Å². The summed E-state index contributed by atoms with van der Waals surface area (Å²) >= 11 is 3.40. The lowest BCUT2D eigenvalue weighted by Gasteiger charge is -2.36. The SMILES string of the molecule is OC1(CNCc2csc(-c3cccs3)n2)CCC1. The zero-order valence-corrected chi connectivity index (χ0v) is 11.7. The van der Waals surface area contributed by atoms with Crippen molar-refractivity contribution in [3.05, 3.63) is 28.6 Å². The molecule has 2 heterocycles. The van der Waals surface area contributed by atoms with Crippen molar-refractivity contribution in [2.45, 2.75) is 31.4 Å². The van der Waals surface area contributed by atoms with Crippen molar-refractivity contribution in [1.82, 2.24) is 10.3 Å². The van der Waals surface area contributed by atoms with E-state index < -0.39 is 5.60 Å². The Labute approximate surface area is 115 Å². The van der Waals surface area contributed by atoms with Crippen LogP contribution in [-0.4, -0.2) is 22.2 Å². The van der Waals surface area contributed by atoms with Crippen LogP contribution in [0.25, 0.3) is 9.88 Å². The van der Waals surface area contributed by atoms with Crippen molar-refractivity contribution in [3.8, 4) is 9.88 Å². The number of aliphatic hydroxyl groups is 1.